The Morgan fingerprint density at radius 1 is 1.43 bits per heavy atom. The van der Waals surface area contributed by atoms with Gasteiger partial charge in [-0.05, 0) is 38.3 Å². The number of esters is 2. The van der Waals surface area contributed by atoms with Gasteiger partial charge in [0.15, 0.2) is 6.29 Å². The minimum Gasteiger partial charge on any atom is -0.455 e. The molecule has 4 rings (SSSR count). The summed E-state index contributed by atoms with van der Waals surface area (Å²) in [5.74, 6) is -1.70. The molecule has 4 aliphatic rings. The summed E-state index contributed by atoms with van der Waals surface area (Å²) in [6, 6.07) is 0. The van der Waals surface area contributed by atoms with E-state index in [4.69, 9.17) is 18.9 Å². The van der Waals surface area contributed by atoms with Crippen LogP contribution < -0.4 is 0 Å². The lowest BCUT2D eigenvalue weighted by Gasteiger charge is -2.36. The molecule has 28 heavy (non-hydrogen) atoms. The summed E-state index contributed by atoms with van der Waals surface area (Å²) >= 11 is 0. The van der Waals surface area contributed by atoms with E-state index in [1.807, 2.05) is 12.2 Å². The van der Waals surface area contributed by atoms with Gasteiger partial charge in [-0.2, -0.15) is 0 Å². The van der Waals surface area contributed by atoms with Gasteiger partial charge in [0, 0.05) is 23.8 Å². The molecule has 2 bridgehead atoms. The molecule has 0 aromatic carbocycles. The number of aliphatic hydroxyl groups is 1. The molecule has 0 amide bonds. The zero-order chi connectivity index (χ0) is 20.4. The van der Waals surface area contributed by atoms with E-state index in [2.05, 4.69) is 6.58 Å². The van der Waals surface area contributed by atoms with E-state index in [0.717, 1.165) is 5.57 Å². The van der Waals surface area contributed by atoms with Crippen LogP contribution in [-0.2, 0) is 28.5 Å². The summed E-state index contributed by atoms with van der Waals surface area (Å²) in [7, 11) is 1.46. The van der Waals surface area contributed by atoms with Crippen molar-refractivity contribution in [1.82, 2.24) is 0 Å². The molecule has 1 aliphatic carbocycles. The molecule has 0 aromatic heterocycles. The van der Waals surface area contributed by atoms with Gasteiger partial charge in [-0.25, -0.2) is 9.59 Å². The molecule has 1 fully saturated rings. The van der Waals surface area contributed by atoms with Gasteiger partial charge in [-0.15, -0.1) is 0 Å². The van der Waals surface area contributed by atoms with Crippen LogP contribution in [0.25, 0.3) is 0 Å². The molecule has 1 N–H and O–H groups in total. The van der Waals surface area contributed by atoms with Gasteiger partial charge in [0.25, 0.3) is 0 Å². The highest BCUT2D eigenvalue weighted by Gasteiger charge is 2.49. The monoisotopic (exact) mass is 390 g/mol. The zero-order valence-electron chi connectivity index (χ0n) is 16.3. The van der Waals surface area contributed by atoms with Gasteiger partial charge < -0.3 is 24.1 Å². The van der Waals surface area contributed by atoms with Crippen molar-refractivity contribution in [3.63, 3.8) is 0 Å². The fraction of sp³-hybridized carbons (Fsp3) is 0.524. The largest absolute Gasteiger partial charge is 0.455 e. The molecular weight excluding hydrogens is 364 g/mol. The van der Waals surface area contributed by atoms with Crippen LogP contribution in [0.5, 0.6) is 0 Å². The quantitative estimate of drug-likeness (QED) is 0.447. The number of aliphatic hydroxyl groups excluding tert-OH is 1. The predicted molar refractivity (Wildman–Crippen MR) is 100.0 cm³/mol. The van der Waals surface area contributed by atoms with Crippen molar-refractivity contribution in [1.29, 1.82) is 0 Å². The van der Waals surface area contributed by atoms with Crippen molar-refractivity contribution in [2.75, 3.05) is 13.7 Å². The number of fused-ring (bicyclic) bond motifs is 5. The van der Waals surface area contributed by atoms with Crippen LogP contribution in [0, 0.1) is 5.92 Å². The Morgan fingerprint density at radius 2 is 2.18 bits per heavy atom. The summed E-state index contributed by atoms with van der Waals surface area (Å²) in [5, 5.41) is 10.5. The SMILES string of the molecule is C=C1C(=O)O[C@@H]2/C=C3/CC/C=C(/[C@H](O)OC3)[C@H](OC)[C@@H](OC(=O)/C(C)=C\C)[C@@H]12. The van der Waals surface area contributed by atoms with E-state index in [1.54, 1.807) is 19.9 Å². The molecule has 152 valence electrons. The minimum absolute atomic E-state index is 0.213. The van der Waals surface area contributed by atoms with E-state index in [9.17, 15) is 14.7 Å². The number of carbonyl (C=O) groups excluding carboxylic acids is 2. The number of rotatable bonds is 3. The lowest BCUT2D eigenvalue weighted by molar-refractivity contribution is -0.158. The normalized spacial score (nSPS) is 37.1. The van der Waals surface area contributed by atoms with Gasteiger partial charge in [-0.1, -0.05) is 18.7 Å². The first-order valence-corrected chi connectivity index (χ1v) is 9.33. The molecule has 3 heterocycles. The number of ether oxygens (including phenoxy) is 4. The van der Waals surface area contributed by atoms with Crippen LogP contribution in [0.1, 0.15) is 26.7 Å². The standard InChI is InChI=1S/C21H26O7/c1-5-11(2)19(22)28-18-16-12(3)20(23)27-15(16)9-13-7-6-8-14(17(18)25-4)21(24)26-10-13/h5,8-9,15-18,21,24H,3,6-7,10H2,1-2,4H3/b11-5-,13-9-,14-8+/t15-,16+,17+,18+,21-/m1/s1. The first-order chi connectivity index (χ1) is 13.4. The lowest BCUT2D eigenvalue weighted by atomic mass is 9.82. The third-order valence-electron chi connectivity index (χ3n) is 5.45. The Labute approximate surface area is 164 Å². The first kappa shape index (κ1) is 20.5. The Bertz CT molecular complexity index is 761. The number of allylic oxidation sites excluding steroid dienone is 2. The highest BCUT2D eigenvalue weighted by molar-refractivity contribution is 5.92. The van der Waals surface area contributed by atoms with Crippen molar-refractivity contribution in [2.45, 2.75) is 51.3 Å². The van der Waals surface area contributed by atoms with Crippen molar-refractivity contribution in [3.8, 4) is 0 Å². The summed E-state index contributed by atoms with van der Waals surface area (Å²) in [5.41, 5.74) is 2.00. The van der Waals surface area contributed by atoms with Crippen LogP contribution in [-0.4, -0.2) is 55.4 Å². The Balaban J connectivity index is 2.12. The smallest absolute Gasteiger partial charge is 0.334 e. The number of hydrogen-bond donors (Lipinski definition) is 1. The molecule has 0 spiro atoms. The maximum absolute atomic E-state index is 12.6. The number of carbonyl (C=O) groups is 2. The maximum atomic E-state index is 12.6. The molecule has 1 saturated heterocycles. The molecule has 3 aliphatic heterocycles. The van der Waals surface area contributed by atoms with Crippen LogP contribution >= 0.6 is 0 Å². The Morgan fingerprint density at radius 3 is 2.86 bits per heavy atom. The highest BCUT2D eigenvalue weighted by Crippen LogP contribution is 2.39. The summed E-state index contributed by atoms with van der Waals surface area (Å²) in [6.45, 7) is 7.46. The predicted octanol–water partition coefficient (Wildman–Crippen LogP) is 1.97. The maximum Gasteiger partial charge on any atom is 0.334 e. The second-order valence-corrected chi connectivity index (χ2v) is 7.15. The van der Waals surface area contributed by atoms with Gasteiger partial charge in [0.05, 0.1) is 12.5 Å². The molecule has 0 radical (unpaired) electrons. The van der Waals surface area contributed by atoms with Gasteiger partial charge >= 0.3 is 11.9 Å². The number of methoxy groups -OCH3 is 1. The first-order valence-electron chi connectivity index (χ1n) is 9.33. The van der Waals surface area contributed by atoms with Gasteiger partial charge in [0.2, 0.25) is 0 Å². The van der Waals surface area contributed by atoms with Gasteiger partial charge in [0.1, 0.15) is 18.3 Å². The van der Waals surface area contributed by atoms with E-state index < -0.39 is 42.5 Å². The van der Waals surface area contributed by atoms with Crippen LogP contribution in [0.3, 0.4) is 0 Å². The molecule has 7 heteroatoms. The third kappa shape index (κ3) is 3.83. The lowest BCUT2D eigenvalue weighted by Crippen LogP contribution is -2.46. The second-order valence-electron chi connectivity index (χ2n) is 7.15. The summed E-state index contributed by atoms with van der Waals surface area (Å²) < 4.78 is 22.5. The summed E-state index contributed by atoms with van der Waals surface area (Å²) in [4.78, 5) is 24.8. The molecule has 5 atom stereocenters. The summed E-state index contributed by atoms with van der Waals surface area (Å²) in [6.07, 6.45) is 3.05. The van der Waals surface area contributed by atoms with E-state index in [1.165, 1.54) is 7.11 Å². The second kappa shape index (κ2) is 8.43. The molecular formula is C21H26O7. The molecule has 0 aromatic rings. The highest BCUT2D eigenvalue weighted by atomic mass is 16.6. The Kier molecular flexibility index (Phi) is 6.17. The average Bonchev–Trinajstić information content (AvgIpc) is 2.95. The van der Waals surface area contributed by atoms with Gasteiger partial charge in [-0.3, -0.25) is 0 Å². The van der Waals surface area contributed by atoms with Crippen LogP contribution in [0.2, 0.25) is 0 Å². The van der Waals surface area contributed by atoms with Crippen molar-refractivity contribution < 1.29 is 33.6 Å². The zero-order valence-corrected chi connectivity index (χ0v) is 16.3. The van der Waals surface area contributed by atoms with E-state index in [-0.39, 0.29) is 12.2 Å². The fourth-order valence-electron chi connectivity index (χ4n) is 3.75. The van der Waals surface area contributed by atoms with E-state index >= 15 is 0 Å². The average molecular weight is 390 g/mol. The van der Waals surface area contributed by atoms with Crippen molar-refractivity contribution >= 4 is 11.9 Å². The topological polar surface area (TPSA) is 91.3 Å². The number of hydrogen-bond acceptors (Lipinski definition) is 7. The van der Waals surface area contributed by atoms with Crippen molar-refractivity contribution in [3.05, 3.63) is 47.1 Å². The minimum atomic E-state index is -1.21. The molecule has 0 saturated carbocycles. The van der Waals surface area contributed by atoms with E-state index in [0.29, 0.717) is 24.0 Å². The third-order valence-corrected chi connectivity index (χ3v) is 5.45. The molecule has 7 nitrogen and oxygen atoms in total. The molecule has 0 unspecified atom stereocenters. The van der Waals surface area contributed by atoms with Crippen LogP contribution in [0.15, 0.2) is 47.1 Å². The van der Waals surface area contributed by atoms with Crippen LogP contribution in [0.4, 0.5) is 0 Å². The van der Waals surface area contributed by atoms with Crippen molar-refractivity contribution in [2.24, 2.45) is 5.92 Å². The Hall–Kier alpha value is -2.22. The fourth-order valence-corrected chi connectivity index (χ4v) is 3.75.